The average Bonchev–Trinajstić information content (AvgIpc) is 1.00. The first-order chi connectivity index (χ1) is 1.00. The van der Waals surface area contributed by atoms with E-state index in [4.69, 9.17) is 0 Å². The third-order valence-corrected chi connectivity index (χ3v) is 0. The number of rotatable bonds is 0. The summed E-state index contributed by atoms with van der Waals surface area (Å²) in [6.45, 7) is 2.58. The SMILES string of the molecule is [Co].[PH2][BiH2].[SnH4]. The van der Waals surface area contributed by atoms with Crippen LogP contribution in [0.25, 0.3) is 0 Å². The molecule has 0 saturated carbocycles. The van der Waals surface area contributed by atoms with Gasteiger partial charge in [-0.05, 0) is 0 Å². The second-order valence-electron chi connectivity index (χ2n) is 0. The summed E-state index contributed by atoms with van der Waals surface area (Å²) < 4.78 is 0. The van der Waals surface area contributed by atoms with Gasteiger partial charge < -0.3 is 0 Å². The predicted octanol–water partition coefficient (Wildman–Crippen LogP) is -2.04. The Morgan fingerprint density at radius 1 is 1.25 bits per heavy atom. The summed E-state index contributed by atoms with van der Waals surface area (Å²) in [5.41, 5.74) is 0. The maximum atomic E-state index is 2.58. The Morgan fingerprint density at radius 3 is 1.25 bits per heavy atom. The quantitative estimate of drug-likeness (QED) is 0.310. The Labute approximate surface area is 70.3 Å². The van der Waals surface area contributed by atoms with Crippen molar-refractivity contribution < 1.29 is 16.8 Å². The van der Waals surface area contributed by atoms with Gasteiger partial charge in [0, 0.05) is 16.8 Å². The van der Waals surface area contributed by atoms with Gasteiger partial charge in [0.05, 0.1) is 0 Å². The summed E-state index contributed by atoms with van der Waals surface area (Å²) >= 11 is 1.08. The van der Waals surface area contributed by atoms with Gasteiger partial charge in [0.15, 0.2) is 0 Å². The van der Waals surface area contributed by atoms with E-state index in [1.807, 2.05) is 0 Å². The van der Waals surface area contributed by atoms with E-state index in [2.05, 4.69) is 6.53 Å². The Balaban J connectivity index is -0.00000000500. The van der Waals surface area contributed by atoms with Crippen LogP contribution < -0.4 is 0 Å². The molecule has 0 N–H and O–H groups in total. The molecular weight excluding hydrogens is 418 g/mol. The van der Waals surface area contributed by atoms with Crippen molar-refractivity contribution in [2.75, 3.05) is 0 Å². The van der Waals surface area contributed by atoms with Gasteiger partial charge in [-0.1, -0.05) is 0 Å². The normalized spacial score (nSPS) is 1.50. The molecule has 0 aliphatic carbocycles. The zero-order chi connectivity index (χ0) is 2.00. The third kappa shape index (κ3) is 8.82. The van der Waals surface area contributed by atoms with Gasteiger partial charge in [0.1, 0.15) is 0 Å². The van der Waals surface area contributed by atoms with Crippen LogP contribution >= 0.6 is 6.53 Å². The van der Waals surface area contributed by atoms with Crippen molar-refractivity contribution in [2.24, 2.45) is 0 Å². The monoisotopic (exact) mass is 427 g/mol. The van der Waals surface area contributed by atoms with Gasteiger partial charge >= 0.3 is 54.6 Å². The molecule has 0 heterocycles. The molecule has 0 aliphatic heterocycles. The van der Waals surface area contributed by atoms with Crippen LogP contribution in [0.4, 0.5) is 0 Å². The van der Waals surface area contributed by atoms with Crippen LogP contribution in [0, 0.1) is 0 Å². The molecule has 0 bridgehead atoms. The fourth-order valence-corrected chi connectivity index (χ4v) is 0. The summed E-state index contributed by atoms with van der Waals surface area (Å²) in [5.74, 6) is 0. The molecular formula is H8BiCoPSn. The molecule has 0 aromatic heterocycles. The van der Waals surface area contributed by atoms with E-state index < -0.39 is 0 Å². The van der Waals surface area contributed by atoms with Crippen LogP contribution in [0.1, 0.15) is 0 Å². The second kappa shape index (κ2) is 17.5. The first-order valence-electron chi connectivity index (χ1n) is 0.333. The van der Waals surface area contributed by atoms with Gasteiger partial charge in [-0.3, -0.25) is 0 Å². The van der Waals surface area contributed by atoms with Gasteiger partial charge in [-0.15, -0.1) is 0 Å². The Morgan fingerprint density at radius 2 is 1.25 bits per heavy atom. The summed E-state index contributed by atoms with van der Waals surface area (Å²) in [6.07, 6.45) is 0. The molecule has 0 spiro atoms. The first kappa shape index (κ1) is 16.0. The van der Waals surface area contributed by atoms with Crippen molar-refractivity contribution >= 4 is 54.6 Å². The predicted molar refractivity (Wildman–Crippen MR) is 29.6 cm³/mol. The van der Waals surface area contributed by atoms with Crippen molar-refractivity contribution in [3.63, 3.8) is 0 Å². The Bertz CT molecular complexity index is 8.00. The molecule has 0 aromatic carbocycles. The molecule has 1 unspecified atom stereocenters. The topological polar surface area (TPSA) is 0 Å². The summed E-state index contributed by atoms with van der Waals surface area (Å²) in [6, 6.07) is 0. The molecule has 4 heteroatoms. The van der Waals surface area contributed by atoms with E-state index in [-0.39, 0.29) is 40.7 Å². The summed E-state index contributed by atoms with van der Waals surface area (Å²) in [4.78, 5) is 0. The van der Waals surface area contributed by atoms with E-state index in [0.717, 1.165) is 24.1 Å². The van der Waals surface area contributed by atoms with E-state index in [9.17, 15) is 0 Å². The Hall–Kier alpha value is 2.62. The van der Waals surface area contributed by atoms with Crippen LogP contribution in [0.2, 0.25) is 0 Å². The van der Waals surface area contributed by atoms with Crippen LogP contribution in [0.3, 0.4) is 0 Å². The Kier molecular flexibility index (Phi) is 69.7. The van der Waals surface area contributed by atoms with Crippen molar-refractivity contribution in [3.05, 3.63) is 0 Å². The molecule has 0 nitrogen and oxygen atoms in total. The molecule has 1 radical (unpaired) electrons. The standard InChI is InChI=1S/Bi.Co.H2P.Sn.6H/h;;1H2;;;;;;;/q+1;;-1;;;;;;;. The van der Waals surface area contributed by atoms with Crippen molar-refractivity contribution in [2.45, 2.75) is 0 Å². The van der Waals surface area contributed by atoms with Crippen LogP contribution in [0.15, 0.2) is 0 Å². The van der Waals surface area contributed by atoms with Gasteiger partial charge in [-0.25, -0.2) is 0 Å². The van der Waals surface area contributed by atoms with Gasteiger partial charge in [0.2, 0.25) is 0 Å². The molecule has 0 rings (SSSR count). The zero-order valence-electron chi connectivity index (χ0n) is 1.49. The van der Waals surface area contributed by atoms with Crippen LogP contribution in [-0.4, -0.2) is 48.0 Å². The fraction of sp³-hybridized carbons (Fsp3) is 0. The summed E-state index contributed by atoms with van der Waals surface area (Å²) in [5, 5.41) is 0. The minimum atomic E-state index is 0. The van der Waals surface area contributed by atoms with E-state index >= 15 is 0 Å². The third-order valence-electron chi connectivity index (χ3n) is 0. The molecule has 0 amide bonds. The van der Waals surface area contributed by atoms with Crippen LogP contribution in [0.5, 0.6) is 0 Å². The molecule has 0 aliphatic rings. The second-order valence-corrected chi connectivity index (χ2v) is 0. The van der Waals surface area contributed by atoms with Crippen molar-refractivity contribution in [1.82, 2.24) is 0 Å². The van der Waals surface area contributed by atoms with Crippen molar-refractivity contribution in [1.29, 1.82) is 0 Å². The number of hydrogen-bond donors (Lipinski definition) is 0. The van der Waals surface area contributed by atoms with E-state index in [1.165, 1.54) is 0 Å². The molecule has 1 atom stereocenters. The molecule has 31 valence electrons. The number of hydrogen-bond acceptors (Lipinski definition) is 0. The zero-order valence-corrected chi connectivity index (χ0v) is 8.17. The van der Waals surface area contributed by atoms with E-state index in [0.29, 0.717) is 0 Å². The fourth-order valence-electron chi connectivity index (χ4n) is 0. The van der Waals surface area contributed by atoms with Crippen molar-refractivity contribution in [3.8, 4) is 0 Å². The maximum absolute atomic E-state index is 2.58. The molecule has 4 heavy (non-hydrogen) atoms. The molecule has 0 aromatic rings. The molecule has 0 saturated heterocycles. The van der Waals surface area contributed by atoms with Gasteiger partial charge in [0.25, 0.3) is 0 Å². The van der Waals surface area contributed by atoms with E-state index in [1.54, 1.807) is 0 Å². The average molecular weight is 426 g/mol. The van der Waals surface area contributed by atoms with Gasteiger partial charge in [-0.2, -0.15) is 0 Å². The first-order valence-corrected chi connectivity index (χ1v) is 8.77. The minimum absolute atomic E-state index is 0. The van der Waals surface area contributed by atoms with Crippen LogP contribution in [-0.2, 0) is 16.8 Å². The molecule has 0 fully saturated rings. The summed E-state index contributed by atoms with van der Waals surface area (Å²) in [7, 11) is 0.